The predicted molar refractivity (Wildman–Crippen MR) is 82.8 cm³/mol. The summed E-state index contributed by atoms with van der Waals surface area (Å²) >= 11 is 0. The molecule has 20 heavy (non-hydrogen) atoms. The van der Waals surface area contributed by atoms with E-state index in [0.717, 1.165) is 32.6 Å². The van der Waals surface area contributed by atoms with Gasteiger partial charge in [-0.25, -0.2) is 0 Å². The largest absolute Gasteiger partial charge is 0.336 e. The van der Waals surface area contributed by atoms with E-state index in [-0.39, 0.29) is 0 Å². The van der Waals surface area contributed by atoms with Crippen LogP contribution in [-0.2, 0) is 4.79 Å². The molecular weight excluding hydrogens is 250 g/mol. The number of hydrogen-bond acceptors (Lipinski definition) is 3. The summed E-state index contributed by atoms with van der Waals surface area (Å²) in [7, 11) is 0. The zero-order chi connectivity index (χ0) is 14.4. The van der Waals surface area contributed by atoms with Gasteiger partial charge in [-0.3, -0.25) is 9.69 Å². The Morgan fingerprint density at radius 2 is 1.90 bits per heavy atom. The zero-order valence-electron chi connectivity index (χ0n) is 13.2. The molecule has 1 aliphatic carbocycles. The van der Waals surface area contributed by atoms with Crippen LogP contribution >= 0.6 is 0 Å². The number of nitrogens with one attached hydrogen (secondary N) is 1. The van der Waals surface area contributed by atoms with Gasteiger partial charge in [0, 0.05) is 25.2 Å². The lowest BCUT2D eigenvalue weighted by Crippen LogP contribution is -2.50. The van der Waals surface area contributed by atoms with Crippen LogP contribution in [0.4, 0.5) is 0 Å². The smallest absolute Gasteiger partial charge is 0.237 e. The summed E-state index contributed by atoms with van der Waals surface area (Å²) in [5.41, 5.74) is 0. The third-order valence-electron chi connectivity index (χ3n) is 4.60. The summed E-state index contributed by atoms with van der Waals surface area (Å²) in [5, 5.41) is 3.40. The molecule has 0 aromatic rings. The molecule has 4 heteroatoms. The van der Waals surface area contributed by atoms with Gasteiger partial charge in [0.15, 0.2) is 0 Å². The van der Waals surface area contributed by atoms with Crippen molar-refractivity contribution in [1.29, 1.82) is 0 Å². The Labute approximate surface area is 123 Å². The van der Waals surface area contributed by atoms with E-state index < -0.39 is 0 Å². The lowest BCUT2D eigenvalue weighted by atomic mass is 9.93. The first kappa shape index (κ1) is 15.8. The standard InChI is InChI=1S/C16H31N3O/c1-14(2)19(15-7-4-3-5-8-15)16(20)13-18-11-6-9-17-10-12-18/h14-15,17H,3-13H2,1-2H3. The van der Waals surface area contributed by atoms with Gasteiger partial charge in [-0.15, -0.1) is 0 Å². The molecule has 0 bridgehead atoms. The van der Waals surface area contributed by atoms with Crippen LogP contribution in [0.25, 0.3) is 0 Å². The minimum absolute atomic E-state index is 0.329. The lowest BCUT2D eigenvalue weighted by molar-refractivity contribution is -0.137. The van der Waals surface area contributed by atoms with Crippen LogP contribution in [0.3, 0.4) is 0 Å². The minimum Gasteiger partial charge on any atom is -0.336 e. The van der Waals surface area contributed by atoms with E-state index in [1.807, 2.05) is 0 Å². The van der Waals surface area contributed by atoms with Gasteiger partial charge in [0.2, 0.25) is 5.91 Å². The molecule has 1 heterocycles. The van der Waals surface area contributed by atoms with Gasteiger partial charge in [-0.05, 0) is 46.2 Å². The highest BCUT2D eigenvalue weighted by Gasteiger charge is 2.28. The zero-order valence-corrected chi connectivity index (χ0v) is 13.2. The normalized spacial score (nSPS) is 22.8. The topological polar surface area (TPSA) is 35.6 Å². The molecule has 2 fully saturated rings. The molecule has 1 amide bonds. The number of amides is 1. The Bertz CT molecular complexity index is 292. The maximum Gasteiger partial charge on any atom is 0.237 e. The van der Waals surface area contributed by atoms with Gasteiger partial charge in [0.25, 0.3) is 0 Å². The first-order chi connectivity index (χ1) is 9.68. The second-order valence-electron chi connectivity index (χ2n) is 6.57. The van der Waals surface area contributed by atoms with Crippen molar-refractivity contribution in [2.75, 3.05) is 32.7 Å². The molecule has 1 N–H and O–H groups in total. The summed E-state index contributed by atoms with van der Waals surface area (Å²) in [6, 6.07) is 0.817. The quantitative estimate of drug-likeness (QED) is 0.854. The van der Waals surface area contributed by atoms with Crippen LogP contribution in [0.1, 0.15) is 52.4 Å². The van der Waals surface area contributed by atoms with E-state index in [4.69, 9.17) is 0 Å². The number of nitrogens with zero attached hydrogens (tertiary/aromatic N) is 2. The summed E-state index contributed by atoms with van der Waals surface area (Å²) < 4.78 is 0. The summed E-state index contributed by atoms with van der Waals surface area (Å²) in [4.78, 5) is 17.2. The van der Waals surface area contributed by atoms with Gasteiger partial charge >= 0.3 is 0 Å². The number of hydrogen-bond donors (Lipinski definition) is 1. The molecule has 0 spiro atoms. The lowest BCUT2D eigenvalue weighted by Gasteiger charge is -2.38. The summed E-state index contributed by atoms with van der Waals surface area (Å²) in [6.07, 6.45) is 7.47. The fourth-order valence-corrected chi connectivity index (χ4v) is 3.61. The fraction of sp³-hybridized carbons (Fsp3) is 0.938. The van der Waals surface area contributed by atoms with E-state index in [9.17, 15) is 4.79 Å². The van der Waals surface area contributed by atoms with Gasteiger partial charge in [-0.1, -0.05) is 19.3 Å². The van der Waals surface area contributed by atoms with Crippen molar-refractivity contribution in [3.05, 3.63) is 0 Å². The number of rotatable bonds is 4. The molecule has 0 aromatic heterocycles. The molecule has 1 saturated carbocycles. The molecule has 0 unspecified atom stereocenters. The highest BCUT2D eigenvalue weighted by Crippen LogP contribution is 2.24. The molecule has 1 saturated heterocycles. The van der Waals surface area contributed by atoms with Gasteiger partial charge in [-0.2, -0.15) is 0 Å². The molecule has 4 nitrogen and oxygen atoms in total. The SMILES string of the molecule is CC(C)N(C(=O)CN1CCCNCC1)C1CCCCC1. The van der Waals surface area contributed by atoms with Crippen molar-refractivity contribution in [3.63, 3.8) is 0 Å². The van der Waals surface area contributed by atoms with Crippen LogP contribution < -0.4 is 5.32 Å². The van der Waals surface area contributed by atoms with Crippen molar-refractivity contribution < 1.29 is 4.79 Å². The number of carbonyl (C=O) groups excluding carboxylic acids is 1. The second-order valence-corrected chi connectivity index (χ2v) is 6.57. The van der Waals surface area contributed by atoms with Gasteiger partial charge in [0.1, 0.15) is 0 Å². The van der Waals surface area contributed by atoms with Crippen LogP contribution in [0.15, 0.2) is 0 Å². The Balaban J connectivity index is 1.91. The fourth-order valence-electron chi connectivity index (χ4n) is 3.61. The van der Waals surface area contributed by atoms with Crippen molar-refractivity contribution in [1.82, 2.24) is 15.1 Å². The van der Waals surface area contributed by atoms with Crippen LogP contribution in [-0.4, -0.2) is 60.5 Å². The van der Waals surface area contributed by atoms with Crippen LogP contribution in [0.2, 0.25) is 0 Å². The van der Waals surface area contributed by atoms with Crippen molar-refractivity contribution in [2.24, 2.45) is 0 Å². The van der Waals surface area contributed by atoms with Crippen molar-refractivity contribution in [3.8, 4) is 0 Å². The molecule has 2 rings (SSSR count). The van der Waals surface area contributed by atoms with Crippen molar-refractivity contribution in [2.45, 2.75) is 64.5 Å². The Hall–Kier alpha value is -0.610. The van der Waals surface area contributed by atoms with E-state index in [2.05, 4.69) is 29.0 Å². The van der Waals surface area contributed by atoms with E-state index in [1.54, 1.807) is 0 Å². The molecule has 2 aliphatic rings. The Morgan fingerprint density at radius 3 is 2.60 bits per heavy atom. The maximum absolute atomic E-state index is 12.7. The third-order valence-corrected chi connectivity index (χ3v) is 4.60. The third kappa shape index (κ3) is 4.45. The molecule has 1 aliphatic heterocycles. The average Bonchev–Trinajstić information content (AvgIpc) is 2.68. The molecular formula is C16H31N3O. The van der Waals surface area contributed by atoms with E-state index >= 15 is 0 Å². The summed E-state index contributed by atoms with van der Waals surface area (Å²) in [6.45, 7) is 9.08. The maximum atomic E-state index is 12.7. The summed E-state index contributed by atoms with van der Waals surface area (Å²) in [5.74, 6) is 0.341. The molecule has 0 atom stereocenters. The highest BCUT2D eigenvalue weighted by atomic mass is 16.2. The van der Waals surface area contributed by atoms with Gasteiger partial charge < -0.3 is 10.2 Å². The van der Waals surface area contributed by atoms with E-state index in [1.165, 1.54) is 32.1 Å². The molecule has 0 radical (unpaired) electrons. The minimum atomic E-state index is 0.329. The van der Waals surface area contributed by atoms with Gasteiger partial charge in [0.05, 0.1) is 6.54 Å². The Morgan fingerprint density at radius 1 is 1.15 bits per heavy atom. The van der Waals surface area contributed by atoms with Crippen LogP contribution in [0.5, 0.6) is 0 Å². The monoisotopic (exact) mass is 281 g/mol. The number of carbonyl (C=O) groups is 1. The van der Waals surface area contributed by atoms with Crippen molar-refractivity contribution >= 4 is 5.91 Å². The predicted octanol–water partition coefficient (Wildman–Crippen LogP) is 1.85. The Kier molecular flexibility index (Phi) is 6.30. The highest BCUT2D eigenvalue weighted by molar-refractivity contribution is 5.79. The first-order valence-corrected chi connectivity index (χ1v) is 8.42. The van der Waals surface area contributed by atoms with E-state index in [0.29, 0.717) is 24.5 Å². The first-order valence-electron chi connectivity index (χ1n) is 8.42. The van der Waals surface area contributed by atoms with Crippen LogP contribution in [0, 0.1) is 0 Å². The molecule has 116 valence electrons. The molecule has 0 aromatic carbocycles. The second kappa shape index (κ2) is 7.99. The average molecular weight is 281 g/mol.